The zero-order valence-electron chi connectivity index (χ0n) is 26.8. The van der Waals surface area contributed by atoms with Gasteiger partial charge in [-0.1, -0.05) is 142 Å². The number of hydrogen-bond donors (Lipinski definition) is 3. The zero-order valence-corrected chi connectivity index (χ0v) is 27.7. The van der Waals surface area contributed by atoms with E-state index in [1.807, 2.05) is 0 Å². The Labute approximate surface area is 252 Å². The fraction of sp³-hybridized carbons (Fsp3) is 1.00. The second kappa shape index (κ2) is 31.4. The van der Waals surface area contributed by atoms with E-state index in [2.05, 4.69) is 13.8 Å². The number of hydrogen-bond acceptors (Lipinski definition) is 7. The number of ether oxygens (including phenoxy) is 2. The molecule has 3 unspecified atom stereocenters. The Morgan fingerprint density at radius 3 is 1.39 bits per heavy atom. The lowest BCUT2D eigenvalue weighted by Crippen LogP contribution is -2.27. The molecule has 0 amide bonds. The van der Waals surface area contributed by atoms with Crippen LogP contribution in [0.5, 0.6) is 0 Å². The molecule has 0 aromatic heterocycles. The quantitative estimate of drug-likeness (QED) is 0.0491. The van der Waals surface area contributed by atoms with Crippen molar-refractivity contribution in [3.05, 3.63) is 0 Å². The van der Waals surface area contributed by atoms with Crippen LogP contribution in [-0.2, 0) is 23.1 Å². The minimum absolute atomic E-state index is 0.140. The summed E-state index contributed by atoms with van der Waals surface area (Å²) < 4.78 is 33.8. The fourth-order valence-corrected chi connectivity index (χ4v) is 5.48. The minimum atomic E-state index is -4.36. The highest BCUT2D eigenvalue weighted by Crippen LogP contribution is 2.43. The molecule has 3 N–H and O–H groups in total. The van der Waals surface area contributed by atoms with Gasteiger partial charge >= 0.3 is 7.82 Å². The Hall–Kier alpha value is -0.0500. The molecule has 0 aliphatic carbocycles. The molecule has 0 heterocycles. The second-order valence-corrected chi connectivity index (χ2v) is 13.0. The van der Waals surface area contributed by atoms with Crippen molar-refractivity contribution in [2.75, 3.05) is 39.6 Å². The molecule has 0 fully saturated rings. The van der Waals surface area contributed by atoms with Gasteiger partial charge in [0, 0.05) is 13.2 Å². The van der Waals surface area contributed by atoms with Crippen molar-refractivity contribution in [3.8, 4) is 0 Å². The standard InChI is InChI=1S/C32H67O8P/c1-3-5-7-9-11-13-15-17-19-21-23-25-37-29-32(30-40-41(35,36)39-28-31(34)27-33)38-26-24-22-20-18-16-14-12-10-8-6-4-2/h31-34H,3-30H2,1-2H3,(H,35,36). The summed E-state index contributed by atoms with van der Waals surface area (Å²) in [5, 5.41) is 18.2. The van der Waals surface area contributed by atoms with Gasteiger partial charge in [0.2, 0.25) is 0 Å². The molecule has 0 aromatic rings. The monoisotopic (exact) mass is 610 g/mol. The van der Waals surface area contributed by atoms with Gasteiger partial charge in [-0.25, -0.2) is 4.57 Å². The Morgan fingerprint density at radius 1 is 0.561 bits per heavy atom. The number of unbranched alkanes of at least 4 members (excludes halogenated alkanes) is 20. The molecular formula is C32H67O8P. The maximum Gasteiger partial charge on any atom is 0.472 e. The molecule has 0 radical (unpaired) electrons. The van der Waals surface area contributed by atoms with Crippen molar-refractivity contribution >= 4 is 7.82 Å². The molecule has 0 aliphatic rings. The van der Waals surface area contributed by atoms with Crippen LogP contribution in [0.4, 0.5) is 0 Å². The first-order valence-electron chi connectivity index (χ1n) is 17.0. The smallest absolute Gasteiger partial charge is 0.394 e. The summed E-state index contributed by atoms with van der Waals surface area (Å²) in [4.78, 5) is 9.89. The van der Waals surface area contributed by atoms with Crippen LogP contribution in [0, 0.1) is 0 Å². The predicted molar refractivity (Wildman–Crippen MR) is 168 cm³/mol. The Kier molecular flexibility index (Phi) is 31.3. The first-order chi connectivity index (χ1) is 19.9. The molecule has 0 saturated heterocycles. The summed E-state index contributed by atoms with van der Waals surface area (Å²) in [5.74, 6) is 0. The first kappa shape index (κ1) is 41.0. The van der Waals surface area contributed by atoms with Gasteiger partial charge in [-0.2, -0.15) is 0 Å². The van der Waals surface area contributed by atoms with Crippen LogP contribution in [0.15, 0.2) is 0 Å². The van der Waals surface area contributed by atoms with E-state index in [1.165, 1.54) is 116 Å². The molecule has 0 bridgehead atoms. The first-order valence-corrected chi connectivity index (χ1v) is 18.5. The lowest BCUT2D eigenvalue weighted by Gasteiger charge is -2.20. The van der Waals surface area contributed by atoms with E-state index < -0.39 is 33.2 Å². The SMILES string of the molecule is CCCCCCCCCCCCCOCC(COP(=O)(O)OCC(O)CO)OCCCCCCCCCCCCC. The molecule has 248 valence electrons. The van der Waals surface area contributed by atoms with Gasteiger partial charge < -0.3 is 24.6 Å². The van der Waals surface area contributed by atoms with Crippen LogP contribution in [0.25, 0.3) is 0 Å². The van der Waals surface area contributed by atoms with Crippen LogP contribution >= 0.6 is 7.82 Å². The molecule has 0 spiro atoms. The lowest BCUT2D eigenvalue weighted by molar-refractivity contribution is -0.0462. The van der Waals surface area contributed by atoms with Crippen molar-refractivity contribution in [2.24, 2.45) is 0 Å². The van der Waals surface area contributed by atoms with Gasteiger partial charge in [-0.3, -0.25) is 9.05 Å². The summed E-state index contributed by atoms with van der Waals surface area (Å²) in [6.45, 7) is 4.79. The summed E-state index contributed by atoms with van der Waals surface area (Å²) in [6, 6.07) is 0. The normalized spacial score (nSPS) is 14.8. The maximum absolute atomic E-state index is 12.1. The molecular weight excluding hydrogens is 543 g/mol. The summed E-state index contributed by atoms with van der Waals surface area (Å²) >= 11 is 0. The molecule has 8 nitrogen and oxygen atoms in total. The van der Waals surface area contributed by atoms with Gasteiger partial charge in [-0.15, -0.1) is 0 Å². The number of phosphoric ester groups is 1. The molecule has 9 heteroatoms. The van der Waals surface area contributed by atoms with Crippen molar-refractivity contribution in [1.82, 2.24) is 0 Å². The van der Waals surface area contributed by atoms with Crippen LogP contribution in [0.2, 0.25) is 0 Å². The topological polar surface area (TPSA) is 115 Å². The second-order valence-electron chi connectivity index (χ2n) is 11.5. The number of phosphoric acid groups is 1. The van der Waals surface area contributed by atoms with Gasteiger partial charge in [0.15, 0.2) is 0 Å². The maximum atomic E-state index is 12.1. The highest BCUT2D eigenvalue weighted by molar-refractivity contribution is 7.47. The minimum Gasteiger partial charge on any atom is -0.394 e. The predicted octanol–water partition coefficient (Wildman–Crippen LogP) is 8.50. The Morgan fingerprint density at radius 2 is 0.951 bits per heavy atom. The Bertz CT molecular complexity index is 566. The van der Waals surface area contributed by atoms with Crippen LogP contribution in [0.3, 0.4) is 0 Å². The highest BCUT2D eigenvalue weighted by Gasteiger charge is 2.25. The van der Waals surface area contributed by atoms with Crippen LogP contribution in [0.1, 0.15) is 155 Å². The zero-order chi connectivity index (χ0) is 30.3. The average Bonchev–Trinajstić information content (AvgIpc) is 2.97. The van der Waals surface area contributed by atoms with E-state index in [0.717, 1.165) is 25.7 Å². The van der Waals surface area contributed by atoms with E-state index in [-0.39, 0.29) is 13.2 Å². The van der Waals surface area contributed by atoms with E-state index in [0.29, 0.717) is 13.2 Å². The van der Waals surface area contributed by atoms with Crippen molar-refractivity contribution in [2.45, 2.75) is 167 Å². The number of aliphatic hydroxyl groups is 2. The van der Waals surface area contributed by atoms with Crippen LogP contribution in [-0.4, -0.2) is 67.0 Å². The summed E-state index contributed by atoms with van der Waals surface area (Å²) in [6.07, 6.45) is 26.2. The largest absolute Gasteiger partial charge is 0.472 e. The lowest BCUT2D eigenvalue weighted by atomic mass is 10.1. The van der Waals surface area contributed by atoms with Gasteiger partial charge in [0.25, 0.3) is 0 Å². The third kappa shape index (κ3) is 31.2. The molecule has 3 atom stereocenters. The third-order valence-electron chi connectivity index (χ3n) is 7.36. The van der Waals surface area contributed by atoms with E-state index in [1.54, 1.807) is 0 Å². The van der Waals surface area contributed by atoms with E-state index >= 15 is 0 Å². The summed E-state index contributed by atoms with van der Waals surface area (Å²) in [7, 11) is -4.36. The molecule has 0 aromatic carbocycles. The van der Waals surface area contributed by atoms with Gasteiger partial charge in [-0.05, 0) is 12.8 Å². The van der Waals surface area contributed by atoms with Crippen molar-refractivity contribution in [3.63, 3.8) is 0 Å². The van der Waals surface area contributed by atoms with Gasteiger partial charge in [0.05, 0.1) is 26.4 Å². The molecule has 41 heavy (non-hydrogen) atoms. The summed E-state index contributed by atoms with van der Waals surface area (Å²) in [5.41, 5.74) is 0. The van der Waals surface area contributed by atoms with E-state index in [9.17, 15) is 14.6 Å². The highest BCUT2D eigenvalue weighted by atomic mass is 31.2. The molecule has 0 rings (SSSR count). The number of rotatable bonds is 34. The molecule has 0 aliphatic heterocycles. The third-order valence-corrected chi connectivity index (χ3v) is 8.31. The van der Waals surface area contributed by atoms with Crippen molar-refractivity contribution in [1.29, 1.82) is 0 Å². The van der Waals surface area contributed by atoms with Gasteiger partial charge in [0.1, 0.15) is 12.2 Å². The van der Waals surface area contributed by atoms with Crippen molar-refractivity contribution < 1.29 is 38.2 Å². The molecule has 0 saturated carbocycles. The van der Waals surface area contributed by atoms with Crippen LogP contribution < -0.4 is 0 Å². The van der Waals surface area contributed by atoms with E-state index in [4.69, 9.17) is 23.6 Å². The average molecular weight is 611 g/mol. The Balaban J connectivity index is 4.10. The number of aliphatic hydroxyl groups excluding tert-OH is 2. The fourth-order valence-electron chi connectivity index (χ4n) is 4.69.